The highest BCUT2D eigenvalue weighted by molar-refractivity contribution is 5.93. The van der Waals surface area contributed by atoms with E-state index in [1.54, 1.807) is 24.5 Å². The molecule has 19 heavy (non-hydrogen) atoms. The van der Waals surface area contributed by atoms with E-state index in [4.69, 9.17) is 5.73 Å². The predicted molar refractivity (Wildman–Crippen MR) is 74.8 cm³/mol. The average Bonchev–Trinajstić information content (AvgIpc) is 2.45. The summed E-state index contributed by atoms with van der Waals surface area (Å²) in [5.41, 5.74) is 7.35. The van der Waals surface area contributed by atoms with Gasteiger partial charge in [0.15, 0.2) is 0 Å². The van der Waals surface area contributed by atoms with Crippen LogP contribution in [-0.4, -0.2) is 22.4 Å². The number of hydrogen-bond acceptors (Lipinski definition) is 4. The Bertz CT molecular complexity index is 566. The van der Waals surface area contributed by atoms with Crippen molar-refractivity contribution in [2.24, 2.45) is 5.73 Å². The maximum atomic E-state index is 11.0. The molecular weight excluding hydrogens is 240 g/mol. The van der Waals surface area contributed by atoms with Crippen molar-refractivity contribution in [3.63, 3.8) is 0 Å². The van der Waals surface area contributed by atoms with Crippen molar-refractivity contribution < 1.29 is 4.79 Å². The average molecular weight is 256 g/mol. The molecule has 0 bridgehead atoms. The standard InChI is InChI=1S/C14H16N4O/c1-2-7-17-13-9-16-8-12(18-13)10-3-5-11(6-4-10)14(15)19/h3-6,8-9H,2,7H2,1H3,(H2,15,19)(H,17,18). The van der Waals surface area contributed by atoms with Gasteiger partial charge in [-0.25, -0.2) is 4.98 Å². The van der Waals surface area contributed by atoms with Crippen LogP contribution in [0.15, 0.2) is 36.7 Å². The summed E-state index contributed by atoms with van der Waals surface area (Å²) in [5.74, 6) is 0.314. The molecule has 3 N–H and O–H groups in total. The molecule has 1 aromatic carbocycles. The summed E-state index contributed by atoms with van der Waals surface area (Å²) in [6, 6.07) is 7.00. The van der Waals surface area contributed by atoms with Crippen LogP contribution in [0.25, 0.3) is 11.3 Å². The maximum Gasteiger partial charge on any atom is 0.248 e. The Labute approximate surface area is 111 Å². The van der Waals surface area contributed by atoms with Gasteiger partial charge in [0.05, 0.1) is 18.1 Å². The molecule has 0 fully saturated rings. The van der Waals surface area contributed by atoms with Crippen LogP contribution in [0.2, 0.25) is 0 Å². The Hall–Kier alpha value is -2.43. The Morgan fingerprint density at radius 2 is 2.00 bits per heavy atom. The molecule has 2 aromatic rings. The molecule has 0 aliphatic heterocycles. The minimum atomic E-state index is -0.434. The third-order valence-corrected chi connectivity index (χ3v) is 2.66. The van der Waals surface area contributed by atoms with Crippen LogP contribution >= 0.6 is 0 Å². The third-order valence-electron chi connectivity index (χ3n) is 2.66. The highest BCUT2D eigenvalue weighted by Crippen LogP contribution is 2.18. The van der Waals surface area contributed by atoms with E-state index in [-0.39, 0.29) is 0 Å². The molecule has 0 saturated carbocycles. The van der Waals surface area contributed by atoms with Crippen LogP contribution < -0.4 is 11.1 Å². The van der Waals surface area contributed by atoms with Crippen molar-refractivity contribution >= 4 is 11.7 Å². The molecule has 5 nitrogen and oxygen atoms in total. The monoisotopic (exact) mass is 256 g/mol. The van der Waals surface area contributed by atoms with E-state index in [1.165, 1.54) is 0 Å². The Morgan fingerprint density at radius 3 is 2.63 bits per heavy atom. The fourth-order valence-corrected chi connectivity index (χ4v) is 1.65. The number of aromatic nitrogens is 2. The number of amides is 1. The lowest BCUT2D eigenvalue weighted by molar-refractivity contribution is 0.100. The summed E-state index contributed by atoms with van der Waals surface area (Å²) in [7, 11) is 0. The van der Waals surface area contributed by atoms with E-state index in [2.05, 4.69) is 22.2 Å². The third kappa shape index (κ3) is 3.28. The van der Waals surface area contributed by atoms with E-state index >= 15 is 0 Å². The minimum Gasteiger partial charge on any atom is -0.369 e. The first-order valence-electron chi connectivity index (χ1n) is 6.17. The number of benzene rings is 1. The Balaban J connectivity index is 2.23. The van der Waals surface area contributed by atoms with Crippen LogP contribution in [0.1, 0.15) is 23.7 Å². The van der Waals surface area contributed by atoms with Gasteiger partial charge >= 0.3 is 0 Å². The van der Waals surface area contributed by atoms with Crippen molar-refractivity contribution in [2.75, 3.05) is 11.9 Å². The fourth-order valence-electron chi connectivity index (χ4n) is 1.65. The quantitative estimate of drug-likeness (QED) is 0.858. The zero-order chi connectivity index (χ0) is 13.7. The van der Waals surface area contributed by atoms with Crippen LogP contribution in [0.4, 0.5) is 5.82 Å². The van der Waals surface area contributed by atoms with Gasteiger partial charge in [-0.15, -0.1) is 0 Å². The van der Waals surface area contributed by atoms with E-state index in [0.717, 1.165) is 30.0 Å². The molecule has 0 spiro atoms. The van der Waals surface area contributed by atoms with Gasteiger partial charge in [-0.05, 0) is 18.6 Å². The van der Waals surface area contributed by atoms with Gasteiger partial charge in [-0.3, -0.25) is 9.78 Å². The number of carbonyl (C=O) groups is 1. The molecule has 0 unspecified atom stereocenters. The van der Waals surface area contributed by atoms with Crippen molar-refractivity contribution in [1.29, 1.82) is 0 Å². The lowest BCUT2D eigenvalue weighted by Gasteiger charge is -2.06. The van der Waals surface area contributed by atoms with E-state index in [9.17, 15) is 4.79 Å². The Morgan fingerprint density at radius 1 is 1.26 bits per heavy atom. The summed E-state index contributed by atoms with van der Waals surface area (Å²) < 4.78 is 0. The van der Waals surface area contributed by atoms with E-state index in [1.807, 2.05) is 12.1 Å². The van der Waals surface area contributed by atoms with Crippen molar-refractivity contribution in [2.45, 2.75) is 13.3 Å². The normalized spacial score (nSPS) is 10.2. The number of nitrogens with two attached hydrogens (primary N) is 1. The van der Waals surface area contributed by atoms with Gasteiger partial charge < -0.3 is 11.1 Å². The van der Waals surface area contributed by atoms with E-state index < -0.39 is 5.91 Å². The van der Waals surface area contributed by atoms with Crippen molar-refractivity contribution in [1.82, 2.24) is 9.97 Å². The number of nitrogens with one attached hydrogen (secondary N) is 1. The lowest BCUT2D eigenvalue weighted by Crippen LogP contribution is -2.10. The van der Waals surface area contributed by atoms with Crippen LogP contribution in [0.5, 0.6) is 0 Å². The second-order valence-corrected chi connectivity index (χ2v) is 4.16. The van der Waals surface area contributed by atoms with Gasteiger partial charge in [-0.2, -0.15) is 0 Å². The van der Waals surface area contributed by atoms with Gasteiger partial charge in [0.2, 0.25) is 5.91 Å². The Kier molecular flexibility index (Phi) is 4.07. The fraction of sp³-hybridized carbons (Fsp3) is 0.214. The summed E-state index contributed by atoms with van der Waals surface area (Å²) >= 11 is 0. The van der Waals surface area contributed by atoms with Gasteiger partial charge in [0, 0.05) is 17.7 Å². The predicted octanol–water partition coefficient (Wildman–Crippen LogP) is 2.06. The zero-order valence-electron chi connectivity index (χ0n) is 10.8. The molecule has 0 radical (unpaired) electrons. The van der Waals surface area contributed by atoms with Crippen molar-refractivity contribution in [3.05, 3.63) is 42.2 Å². The molecule has 98 valence electrons. The summed E-state index contributed by atoms with van der Waals surface area (Å²) in [5, 5.41) is 3.19. The molecule has 1 aromatic heterocycles. The molecule has 0 aliphatic rings. The number of nitrogens with zero attached hydrogens (tertiary/aromatic N) is 2. The first-order valence-corrected chi connectivity index (χ1v) is 6.17. The lowest BCUT2D eigenvalue weighted by atomic mass is 10.1. The second-order valence-electron chi connectivity index (χ2n) is 4.16. The molecule has 0 aliphatic carbocycles. The molecule has 0 atom stereocenters. The van der Waals surface area contributed by atoms with Gasteiger partial charge in [0.1, 0.15) is 5.82 Å². The van der Waals surface area contributed by atoms with Crippen LogP contribution in [-0.2, 0) is 0 Å². The molecule has 1 amide bonds. The summed E-state index contributed by atoms with van der Waals surface area (Å²) in [6.07, 6.45) is 4.41. The highest BCUT2D eigenvalue weighted by Gasteiger charge is 2.04. The van der Waals surface area contributed by atoms with Gasteiger partial charge in [-0.1, -0.05) is 19.1 Å². The molecule has 1 heterocycles. The maximum absolute atomic E-state index is 11.0. The zero-order valence-corrected chi connectivity index (χ0v) is 10.8. The molecule has 5 heteroatoms. The van der Waals surface area contributed by atoms with Crippen LogP contribution in [0.3, 0.4) is 0 Å². The number of hydrogen-bond donors (Lipinski definition) is 2. The topological polar surface area (TPSA) is 80.9 Å². The number of carbonyl (C=O) groups excluding carboxylic acids is 1. The van der Waals surface area contributed by atoms with Crippen LogP contribution in [0, 0.1) is 0 Å². The first-order chi connectivity index (χ1) is 9.20. The molecular formula is C14H16N4O. The number of rotatable bonds is 5. The van der Waals surface area contributed by atoms with Crippen molar-refractivity contribution in [3.8, 4) is 11.3 Å². The minimum absolute atomic E-state index is 0.434. The van der Waals surface area contributed by atoms with E-state index in [0.29, 0.717) is 5.56 Å². The van der Waals surface area contributed by atoms with Gasteiger partial charge in [0.25, 0.3) is 0 Å². The molecule has 2 rings (SSSR count). The largest absolute Gasteiger partial charge is 0.369 e. The summed E-state index contributed by atoms with van der Waals surface area (Å²) in [4.78, 5) is 19.6. The second kappa shape index (κ2) is 5.95. The number of anilines is 1. The number of primary amides is 1. The SMILES string of the molecule is CCCNc1cncc(-c2ccc(C(N)=O)cc2)n1. The smallest absolute Gasteiger partial charge is 0.248 e. The summed E-state index contributed by atoms with van der Waals surface area (Å²) in [6.45, 7) is 2.95. The first kappa shape index (κ1) is 13.0. The molecule has 0 saturated heterocycles. The highest BCUT2D eigenvalue weighted by atomic mass is 16.1.